The molecule has 0 fully saturated rings. The molecule has 0 bridgehead atoms. The van der Waals surface area contributed by atoms with E-state index in [2.05, 4.69) is 5.16 Å². The summed E-state index contributed by atoms with van der Waals surface area (Å²) in [6.07, 6.45) is 1.89. The SMILES string of the molecule is CC(=C/c1ccccc1Cl)/C(C)=N/O. The van der Waals surface area contributed by atoms with Crippen LogP contribution in [0, 0.1) is 0 Å². The third kappa shape index (κ3) is 2.60. The maximum Gasteiger partial charge on any atom is 0.0794 e. The summed E-state index contributed by atoms with van der Waals surface area (Å²) in [5, 5.41) is 12.4. The normalized spacial score (nSPS) is 13.1. The van der Waals surface area contributed by atoms with Gasteiger partial charge in [-0.1, -0.05) is 35.0 Å². The van der Waals surface area contributed by atoms with Crippen LogP contribution in [0.25, 0.3) is 6.08 Å². The number of oxime groups is 1. The van der Waals surface area contributed by atoms with Gasteiger partial charge in [0.15, 0.2) is 0 Å². The summed E-state index contributed by atoms with van der Waals surface area (Å²) >= 11 is 5.97. The fourth-order valence-electron chi connectivity index (χ4n) is 1.01. The summed E-state index contributed by atoms with van der Waals surface area (Å²) in [5.41, 5.74) is 2.40. The van der Waals surface area contributed by atoms with E-state index in [9.17, 15) is 0 Å². The topological polar surface area (TPSA) is 32.6 Å². The van der Waals surface area contributed by atoms with Crippen molar-refractivity contribution in [3.63, 3.8) is 0 Å². The van der Waals surface area contributed by atoms with Gasteiger partial charge < -0.3 is 5.21 Å². The van der Waals surface area contributed by atoms with E-state index in [0.717, 1.165) is 11.1 Å². The summed E-state index contributed by atoms with van der Waals surface area (Å²) in [6.45, 7) is 3.61. The predicted octanol–water partition coefficient (Wildman–Crippen LogP) is 3.59. The van der Waals surface area contributed by atoms with E-state index in [4.69, 9.17) is 16.8 Å². The number of benzene rings is 1. The lowest BCUT2D eigenvalue weighted by atomic mass is 10.1. The average Bonchev–Trinajstić information content (AvgIpc) is 2.20. The molecule has 14 heavy (non-hydrogen) atoms. The molecular weight excluding hydrogens is 198 g/mol. The zero-order valence-corrected chi connectivity index (χ0v) is 8.92. The Hall–Kier alpha value is -1.28. The average molecular weight is 210 g/mol. The van der Waals surface area contributed by atoms with E-state index in [1.54, 1.807) is 6.92 Å². The number of rotatable bonds is 2. The van der Waals surface area contributed by atoms with Crippen LogP contribution >= 0.6 is 11.6 Å². The van der Waals surface area contributed by atoms with Crippen molar-refractivity contribution in [2.24, 2.45) is 5.16 Å². The first kappa shape index (κ1) is 10.8. The Morgan fingerprint density at radius 3 is 2.57 bits per heavy atom. The summed E-state index contributed by atoms with van der Waals surface area (Å²) in [7, 11) is 0. The minimum Gasteiger partial charge on any atom is -0.411 e. The standard InChI is InChI=1S/C11H12ClNO/c1-8(9(2)13-14)7-10-5-3-4-6-11(10)12/h3-7,14H,1-2H3/b8-7-,13-9+. The van der Waals surface area contributed by atoms with Crippen LogP contribution in [-0.4, -0.2) is 10.9 Å². The van der Waals surface area contributed by atoms with Crippen LogP contribution in [0.5, 0.6) is 0 Å². The first-order valence-corrected chi connectivity index (χ1v) is 4.65. The molecule has 0 aliphatic rings. The van der Waals surface area contributed by atoms with Crippen molar-refractivity contribution in [3.05, 3.63) is 40.4 Å². The Bertz CT molecular complexity index is 383. The highest BCUT2D eigenvalue weighted by molar-refractivity contribution is 6.32. The number of hydrogen-bond acceptors (Lipinski definition) is 2. The van der Waals surface area contributed by atoms with Crippen molar-refractivity contribution in [3.8, 4) is 0 Å². The van der Waals surface area contributed by atoms with Gasteiger partial charge in [0.2, 0.25) is 0 Å². The highest BCUT2D eigenvalue weighted by atomic mass is 35.5. The Morgan fingerprint density at radius 2 is 2.00 bits per heavy atom. The number of allylic oxidation sites excluding steroid dienone is 1. The molecule has 74 valence electrons. The summed E-state index contributed by atoms with van der Waals surface area (Å²) < 4.78 is 0. The second kappa shape index (κ2) is 4.82. The molecule has 3 heteroatoms. The van der Waals surface area contributed by atoms with E-state index < -0.39 is 0 Å². The maximum absolute atomic E-state index is 8.57. The molecule has 1 aromatic rings. The first-order chi connectivity index (χ1) is 6.65. The highest BCUT2D eigenvalue weighted by Gasteiger charge is 1.98. The van der Waals surface area contributed by atoms with E-state index in [-0.39, 0.29) is 0 Å². The molecule has 1 aromatic carbocycles. The minimum absolute atomic E-state index is 0.588. The monoisotopic (exact) mass is 209 g/mol. The lowest BCUT2D eigenvalue weighted by molar-refractivity contribution is 0.319. The molecule has 0 saturated heterocycles. The van der Waals surface area contributed by atoms with Gasteiger partial charge in [-0.25, -0.2) is 0 Å². The highest BCUT2D eigenvalue weighted by Crippen LogP contribution is 2.18. The van der Waals surface area contributed by atoms with E-state index in [1.165, 1.54) is 0 Å². The van der Waals surface area contributed by atoms with Crippen molar-refractivity contribution in [1.82, 2.24) is 0 Å². The van der Waals surface area contributed by atoms with E-state index in [1.807, 2.05) is 37.3 Å². The van der Waals surface area contributed by atoms with Crippen LogP contribution in [0.15, 0.2) is 35.0 Å². The molecular formula is C11H12ClNO. The lowest BCUT2D eigenvalue weighted by Gasteiger charge is -2.00. The smallest absolute Gasteiger partial charge is 0.0794 e. The van der Waals surface area contributed by atoms with Gasteiger partial charge in [0.05, 0.1) is 5.71 Å². The fourth-order valence-corrected chi connectivity index (χ4v) is 1.20. The van der Waals surface area contributed by atoms with Crippen molar-refractivity contribution >= 4 is 23.4 Å². The van der Waals surface area contributed by atoms with Gasteiger partial charge in [-0.15, -0.1) is 0 Å². The van der Waals surface area contributed by atoms with Gasteiger partial charge in [0.25, 0.3) is 0 Å². The maximum atomic E-state index is 8.57. The number of halogens is 1. The molecule has 1 N–H and O–H groups in total. The van der Waals surface area contributed by atoms with Crippen molar-refractivity contribution < 1.29 is 5.21 Å². The summed E-state index contributed by atoms with van der Waals surface area (Å²) in [5.74, 6) is 0. The lowest BCUT2D eigenvalue weighted by Crippen LogP contribution is -1.92. The Labute approximate surface area is 88.5 Å². The van der Waals surface area contributed by atoms with E-state index >= 15 is 0 Å². The molecule has 0 atom stereocenters. The van der Waals surface area contributed by atoms with Crippen LogP contribution in [0.4, 0.5) is 0 Å². The molecule has 0 aliphatic heterocycles. The molecule has 1 rings (SSSR count). The van der Waals surface area contributed by atoms with Gasteiger partial charge >= 0.3 is 0 Å². The van der Waals surface area contributed by atoms with Gasteiger partial charge in [0, 0.05) is 5.02 Å². The van der Waals surface area contributed by atoms with Gasteiger partial charge in [-0.3, -0.25) is 0 Å². The van der Waals surface area contributed by atoms with Gasteiger partial charge in [-0.2, -0.15) is 0 Å². The summed E-state index contributed by atoms with van der Waals surface area (Å²) in [4.78, 5) is 0. The quantitative estimate of drug-likeness (QED) is 0.451. The molecule has 0 radical (unpaired) electrons. The second-order valence-corrected chi connectivity index (χ2v) is 3.44. The van der Waals surface area contributed by atoms with Crippen LogP contribution in [0.3, 0.4) is 0 Å². The molecule has 0 heterocycles. The molecule has 0 aliphatic carbocycles. The third-order valence-electron chi connectivity index (χ3n) is 2.00. The van der Waals surface area contributed by atoms with Crippen LogP contribution in [0.2, 0.25) is 5.02 Å². The van der Waals surface area contributed by atoms with Gasteiger partial charge in [0.1, 0.15) is 0 Å². The van der Waals surface area contributed by atoms with Crippen molar-refractivity contribution in [1.29, 1.82) is 0 Å². The van der Waals surface area contributed by atoms with E-state index in [0.29, 0.717) is 10.7 Å². The predicted molar refractivity (Wildman–Crippen MR) is 60.0 cm³/mol. The third-order valence-corrected chi connectivity index (χ3v) is 2.34. The number of hydrogen-bond donors (Lipinski definition) is 1. The molecule has 0 spiro atoms. The zero-order chi connectivity index (χ0) is 10.6. The molecule has 0 aromatic heterocycles. The molecule has 0 saturated carbocycles. The Morgan fingerprint density at radius 1 is 1.36 bits per heavy atom. The molecule has 0 amide bonds. The van der Waals surface area contributed by atoms with Crippen molar-refractivity contribution in [2.75, 3.05) is 0 Å². The molecule has 2 nitrogen and oxygen atoms in total. The number of nitrogens with zero attached hydrogens (tertiary/aromatic N) is 1. The van der Waals surface area contributed by atoms with Crippen LogP contribution in [0.1, 0.15) is 19.4 Å². The second-order valence-electron chi connectivity index (χ2n) is 3.03. The molecule has 0 unspecified atom stereocenters. The largest absolute Gasteiger partial charge is 0.411 e. The summed E-state index contributed by atoms with van der Waals surface area (Å²) in [6, 6.07) is 7.53. The first-order valence-electron chi connectivity index (χ1n) is 4.27. The Balaban J connectivity index is 3.04. The zero-order valence-electron chi connectivity index (χ0n) is 8.16. The van der Waals surface area contributed by atoms with Gasteiger partial charge in [-0.05, 0) is 37.1 Å². The van der Waals surface area contributed by atoms with Crippen molar-refractivity contribution in [2.45, 2.75) is 13.8 Å². The Kier molecular flexibility index (Phi) is 3.72. The van der Waals surface area contributed by atoms with Crippen LogP contribution in [-0.2, 0) is 0 Å². The minimum atomic E-state index is 0.588. The fraction of sp³-hybridized carbons (Fsp3) is 0.182. The van der Waals surface area contributed by atoms with Crippen LogP contribution < -0.4 is 0 Å².